The highest BCUT2D eigenvalue weighted by Crippen LogP contribution is 2.32. The molecule has 0 aromatic carbocycles. The molecule has 0 fully saturated rings. The summed E-state index contributed by atoms with van der Waals surface area (Å²) >= 11 is 0.522. The number of aryl methyl sites for hydroxylation is 1. The average molecular weight is 291 g/mol. The number of nitrogens with one attached hydrogen (secondary N) is 1. The standard InChI is InChI=1S/C10H12F3N5S/c11-10(12,13)8-16-17-9(19-8)15-3-1-2-5-18-6-4-14-7-18/h4,6-7H,1-3,5H2,(H,15,17). The van der Waals surface area contributed by atoms with Gasteiger partial charge in [-0.25, -0.2) is 4.98 Å². The molecule has 2 aromatic heterocycles. The van der Waals surface area contributed by atoms with Gasteiger partial charge >= 0.3 is 6.18 Å². The lowest BCUT2D eigenvalue weighted by Crippen LogP contribution is -2.03. The van der Waals surface area contributed by atoms with Crippen LogP contribution in [0.3, 0.4) is 0 Å². The molecule has 0 aliphatic carbocycles. The number of halogens is 3. The van der Waals surface area contributed by atoms with E-state index in [2.05, 4.69) is 20.5 Å². The summed E-state index contributed by atoms with van der Waals surface area (Å²) < 4.78 is 38.8. The van der Waals surface area contributed by atoms with Gasteiger partial charge in [0.25, 0.3) is 0 Å². The van der Waals surface area contributed by atoms with Gasteiger partial charge in [-0.05, 0) is 12.8 Å². The molecule has 5 nitrogen and oxygen atoms in total. The topological polar surface area (TPSA) is 55.6 Å². The van der Waals surface area contributed by atoms with E-state index in [1.807, 2.05) is 10.8 Å². The number of rotatable bonds is 6. The third-order valence-corrected chi connectivity index (χ3v) is 3.27. The van der Waals surface area contributed by atoms with Crippen molar-refractivity contribution in [2.75, 3.05) is 11.9 Å². The van der Waals surface area contributed by atoms with E-state index in [9.17, 15) is 13.2 Å². The second-order valence-corrected chi connectivity index (χ2v) is 4.82. The van der Waals surface area contributed by atoms with Crippen LogP contribution >= 0.6 is 11.3 Å². The van der Waals surface area contributed by atoms with Gasteiger partial charge in [-0.2, -0.15) is 13.2 Å². The molecule has 0 aliphatic heterocycles. The Labute approximate surface area is 111 Å². The van der Waals surface area contributed by atoms with Crippen molar-refractivity contribution < 1.29 is 13.2 Å². The van der Waals surface area contributed by atoms with Crippen LogP contribution in [0.1, 0.15) is 17.8 Å². The Kier molecular flexibility index (Phi) is 4.35. The number of anilines is 1. The van der Waals surface area contributed by atoms with E-state index in [0.717, 1.165) is 19.4 Å². The minimum Gasteiger partial charge on any atom is -0.360 e. The lowest BCUT2D eigenvalue weighted by Gasteiger charge is -2.03. The minimum atomic E-state index is -4.42. The monoisotopic (exact) mass is 291 g/mol. The zero-order valence-corrected chi connectivity index (χ0v) is 10.7. The molecule has 19 heavy (non-hydrogen) atoms. The first-order valence-corrected chi connectivity index (χ1v) is 6.47. The molecule has 0 spiro atoms. The molecule has 0 bridgehead atoms. The van der Waals surface area contributed by atoms with Gasteiger partial charge in [-0.15, -0.1) is 10.2 Å². The van der Waals surface area contributed by atoms with Crippen LogP contribution in [0.15, 0.2) is 18.7 Å². The van der Waals surface area contributed by atoms with Crippen LogP contribution in [0.5, 0.6) is 0 Å². The maximum absolute atomic E-state index is 12.3. The molecule has 0 atom stereocenters. The van der Waals surface area contributed by atoms with Gasteiger partial charge < -0.3 is 9.88 Å². The third kappa shape index (κ3) is 4.19. The Morgan fingerprint density at radius 2 is 2.11 bits per heavy atom. The van der Waals surface area contributed by atoms with Gasteiger partial charge in [0.15, 0.2) is 0 Å². The van der Waals surface area contributed by atoms with Crippen molar-refractivity contribution in [2.45, 2.75) is 25.6 Å². The number of alkyl halides is 3. The van der Waals surface area contributed by atoms with E-state index < -0.39 is 11.2 Å². The molecule has 0 aliphatic rings. The Morgan fingerprint density at radius 1 is 1.26 bits per heavy atom. The third-order valence-electron chi connectivity index (χ3n) is 2.35. The predicted molar refractivity (Wildman–Crippen MR) is 64.9 cm³/mol. The highest BCUT2D eigenvalue weighted by Gasteiger charge is 2.35. The fourth-order valence-electron chi connectivity index (χ4n) is 1.44. The number of imidazole rings is 1. The Balaban J connectivity index is 1.67. The zero-order valence-electron chi connectivity index (χ0n) is 9.89. The van der Waals surface area contributed by atoms with Crippen molar-refractivity contribution >= 4 is 16.5 Å². The summed E-state index contributed by atoms with van der Waals surface area (Å²) in [6.07, 6.45) is 2.63. The SMILES string of the molecule is FC(F)(F)c1nnc(NCCCCn2ccnc2)s1. The molecular weight excluding hydrogens is 279 g/mol. The van der Waals surface area contributed by atoms with Crippen molar-refractivity contribution in [1.82, 2.24) is 19.7 Å². The maximum Gasteiger partial charge on any atom is 0.445 e. The molecule has 0 amide bonds. The van der Waals surface area contributed by atoms with Crippen molar-refractivity contribution in [3.8, 4) is 0 Å². The number of aromatic nitrogens is 4. The molecule has 2 rings (SSSR count). The molecule has 104 valence electrons. The van der Waals surface area contributed by atoms with Gasteiger partial charge in [0.2, 0.25) is 10.1 Å². The first-order valence-electron chi connectivity index (χ1n) is 5.66. The van der Waals surface area contributed by atoms with E-state index in [1.165, 1.54) is 0 Å². The lowest BCUT2D eigenvalue weighted by molar-refractivity contribution is -0.138. The van der Waals surface area contributed by atoms with Gasteiger partial charge in [0.05, 0.1) is 6.33 Å². The van der Waals surface area contributed by atoms with Gasteiger partial charge in [0, 0.05) is 25.5 Å². The fraction of sp³-hybridized carbons (Fsp3) is 0.500. The first kappa shape index (κ1) is 13.8. The predicted octanol–water partition coefficient (Wildman–Crippen LogP) is 2.65. The fourth-order valence-corrected chi connectivity index (χ4v) is 2.08. The van der Waals surface area contributed by atoms with Crippen LogP contribution in [-0.2, 0) is 12.7 Å². The highest BCUT2D eigenvalue weighted by molar-refractivity contribution is 7.15. The van der Waals surface area contributed by atoms with Crippen LogP contribution in [-0.4, -0.2) is 26.3 Å². The normalized spacial score (nSPS) is 11.7. The van der Waals surface area contributed by atoms with Crippen LogP contribution in [0.2, 0.25) is 0 Å². The zero-order chi connectivity index (χ0) is 13.7. The lowest BCUT2D eigenvalue weighted by atomic mass is 10.3. The molecule has 1 N–H and O–H groups in total. The van der Waals surface area contributed by atoms with Crippen LogP contribution < -0.4 is 5.32 Å². The first-order chi connectivity index (χ1) is 9.05. The summed E-state index contributed by atoms with van der Waals surface area (Å²) in [5.74, 6) is 0. The molecular formula is C10H12F3N5S. The van der Waals surface area contributed by atoms with E-state index in [4.69, 9.17) is 0 Å². The maximum atomic E-state index is 12.3. The van der Waals surface area contributed by atoms with Crippen molar-refractivity contribution in [3.63, 3.8) is 0 Å². The quantitative estimate of drug-likeness (QED) is 0.831. The Bertz CT molecular complexity index is 493. The number of hydrogen-bond acceptors (Lipinski definition) is 5. The summed E-state index contributed by atoms with van der Waals surface area (Å²) in [5.41, 5.74) is 0. The molecule has 0 unspecified atom stereocenters. The number of hydrogen-bond donors (Lipinski definition) is 1. The molecule has 0 saturated carbocycles. The van der Waals surface area contributed by atoms with Crippen LogP contribution in [0, 0.1) is 0 Å². The summed E-state index contributed by atoms with van der Waals surface area (Å²) in [4.78, 5) is 3.92. The van der Waals surface area contributed by atoms with Crippen molar-refractivity contribution in [3.05, 3.63) is 23.7 Å². The number of unbranched alkanes of at least 4 members (excludes halogenated alkanes) is 1. The van der Waals surface area contributed by atoms with Gasteiger partial charge in [0.1, 0.15) is 0 Å². The summed E-state index contributed by atoms with van der Waals surface area (Å²) in [6, 6.07) is 0. The summed E-state index contributed by atoms with van der Waals surface area (Å²) in [6.45, 7) is 1.41. The van der Waals surface area contributed by atoms with E-state index in [-0.39, 0.29) is 5.13 Å². The number of nitrogens with zero attached hydrogens (tertiary/aromatic N) is 4. The van der Waals surface area contributed by atoms with Crippen LogP contribution in [0.25, 0.3) is 0 Å². The van der Waals surface area contributed by atoms with Gasteiger partial charge in [-0.3, -0.25) is 0 Å². The van der Waals surface area contributed by atoms with Crippen molar-refractivity contribution in [1.29, 1.82) is 0 Å². The summed E-state index contributed by atoms with van der Waals surface area (Å²) in [5, 5.41) is 8.67. The second kappa shape index (κ2) is 6.00. The highest BCUT2D eigenvalue weighted by atomic mass is 32.1. The van der Waals surface area contributed by atoms with Crippen LogP contribution in [0.4, 0.5) is 18.3 Å². The molecule has 0 saturated heterocycles. The summed E-state index contributed by atoms with van der Waals surface area (Å²) in [7, 11) is 0. The molecule has 2 heterocycles. The average Bonchev–Trinajstić information content (AvgIpc) is 2.97. The largest absolute Gasteiger partial charge is 0.445 e. The van der Waals surface area contributed by atoms with E-state index in [1.54, 1.807) is 12.5 Å². The van der Waals surface area contributed by atoms with Crippen molar-refractivity contribution in [2.24, 2.45) is 0 Å². The molecule has 0 radical (unpaired) electrons. The smallest absolute Gasteiger partial charge is 0.360 e. The molecule has 9 heteroatoms. The van der Waals surface area contributed by atoms with E-state index in [0.29, 0.717) is 17.9 Å². The Morgan fingerprint density at radius 3 is 2.74 bits per heavy atom. The van der Waals surface area contributed by atoms with E-state index >= 15 is 0 Å². The van der Waals surface area contributed by atoms with Gasteiger partial charge in [-0.1, -0.05) is 11.3 Å². The Hall–Kier alpha value is -1.64. The minimum absolute atomic E-state index is 0.204. The molecule has 2 aromatic rings. The second-order valence-electron chi connectivity index (χ2n) is 3.84.